The number of para-hydroxylation sites is 2. The van der Waals surface area contributed by atoms with Crippen LogP contribution in [0.3, 0.4) is 0 Å². The van der Waals surface area contributed by atoms with Crippen LogP contribution in [0.15, 0.2) is 72.8 Å². The molecule has 0 bridgehead atoms. The minimum absolute atomic E-state index is 0.00868. The van der Waals surface area contributed by atoms with Gasteiger partial charge in [0.25, 0.3) is 0 Å². The molecule has 1 heterocycles. The van der Waals surface area contributed by atoms with Crippen molar-refractivity contribution >= 4 is 5.97 Å². The number of nitrogens with zero attached hydrogens (tertiary/aromatic N) is 3. The summed E-state index contributed by atoms with van der Waals surface area (Å²) in [6.07, 6.45) is 0. The van der Waals surface area contributed by atoms with Crippen LogP contribution in [0.2, 0.25) is 0 Å². The number of carboxylic acids is 1. The smallest absolute Gasteiger partial charge is 0.335 e. The highest BCUT2D eigenvalue weighted by Crippen LogP contribution is 2.33. The van der Waals surface area contributed by atoms with Gasteiger partial charge < -0.3 is 15.3 Å². The van der Waals surface area contributed by atoms with E-state index in [9.17, 15) is 20.1 Å². The standard InChI is InChI=1S/C21H15N3O4/c25-17-10-3-1-8-15(17)19-22-20(16-9-2-4-11-18(16)26)24(23-19)14-7-5-6-13(12-14)21(27)28/h1-12,25-26H,(H,27,28). The van der Waals surface area contributed by atoms with Crippen molar-refractivity contribution in [2.45, 2.75) is 0 Å². The van der Waals surface area contributed by atoms with Gasteiger partial charge in [-0.3, -0.25) is 0 Å². The Bertz CT molecular complexity index is 1180. The van der Waals surface area contributed by atoms with Gasteiger partial charge >= 0.3 is 5.97 Å². The number of aromatic nitrogens is 3. The van der Waals surface area contributed by atoms with Crippen LogP contribution >= 0.6 is 0 Å². The maximum Gasteiger partial charge on any atom is 0.335 e. The highest BCUT2D eigenvalue weighted by molar-refractivity contribution is 5.88. The molecule has 1 aromatic heterocycles. The van der Waals surface area contributed by atoms with Crippen LogP contribution in [0.25, 0.3) is 28.5 Å². The molecule has 138 valence electrons. The molecule has 7 heteroatoms. The van der Waals surface area contributed by atoms with E-state index >= 15 is 0 Å². The predicted molar refractivity (Wildman–Crippen MR) is 103 cm³/mol. The molecule has 0 aliphatic heterocycles. The van der Waals surface area contributed by atoms with Crippen molar-refractivity contribution < 1.29 is 20.1 Å². The van der Waals surface area contributed by atoms with Crippen molar-refractivity contribution in [1.82, 2.24) is 14.8 Å². The third-order valence-electron chi connectivity index (χ3n) is 4.23. The number of aromatic hydroxyl groups is 2. The van der Waals surface area contributed by atoms with Gasteiger partial charge in [-0.15, -0.1) is 5.10 Å². The topological polar surface area (TPSA) is 108 Å². The maximum atomic E-state index is 11.3. The Morgan fingerprint density at radius 3 is 2.11 bits per heavy atom. The van der Waals surface area contributed by atoms with E-state index in [1.54, 1.807) is 48.5 Å². The number of phenolic OH excluding ortho intramolecular Hbond substituents is 2. The summed E-state index contributed by atoms with van der Waals surface area (Å²) in [5.74, 6) is -0.472. The molecule has 3 N–H and O–H groups in total. The van der Waals surface area contributed by atoms with Gasteiger partial charge in [-0.05, 0) is 42.5 Å². The molecule has 0 aliphatic rings. The molecule has 0 fully saturated rings. The summed E-state index contributed by atoms with van der Waals surface area (Å²) in [4.78, 5) is 15.9. The zero-order valence-corrected chi connectivity index (χ0v) is 14.5. The number of hydrogen-bond acceptors (Lipinski definition) is 5. The molecule has 7 nitrogen and oxygen atoms in total. The number of hydrogen-bond donors (Lipinski definition) is 3. The minimum Gasteiger partial charge on any atom is -0.507 e. The normalized spacial score (nSPS) is 10.7. The van der Waals surface area contributed by atoms with E-state index in [2.05, 4.69) is 10.1 Å². The van der Waals surface area contributed by atoms with Crippen LogP contribution in [-0.2, 0) is 0 Å². The Morgan fingerprint density at radius 1 is 0.821 bits per heavy atom. The van der Waals surface area contributed by atoms with Gasteiger partial charge in [-0.1, -0.05) is 30.3 Å². The monoisotopic (exact) mass is 373 g/mol. The second-order valence-corrected chi connectivity index (χ2v) is 6.06. The van der Waals surface area contributed by atoms with Crippen LogP contribution in [0.5, 0.6) is 11.5 Å². The van der Waals surface area contributed by atoms with E-state index < -0.39 is 5.97 Å². The second kappa shape index (κ2) is 6.88. The van der Waals surface area contributed by atoms with Crippen LogP contribution in [-0.4, -0.2) is 36.1 Å². The number of carbonyl (C=O) groups is 1. The fraction of sp³-hybridized carbons (Fsp3) is 0. The fourth-order valence-corrected chi connectivity index (χ4v) is 2.88. The highest BCUT2D eigenvalue weighted by atomic mass is 16.4. The molecular weight excluding hydrogens is 358 g/mol. The average molecular weight is 373 g/mol. The second-order valence-electron chi connectivity index (χ2n) is 6.06. The Labute approximate surface area is 159 Å². The Kier molecular flexibility index (Phi) is 4.25. The van der Waals surface area contributed by atoms with Crippen LogP contribution in [0, 0.1) is 0 Å². The number of phenols is 2. The zero-order chi connectivity index (χ0) is 19.7. The largest absolute Gasteiger partial charge is 0.507 e. The Hall–Kier alpha value is -4.13. The highest BCUT2D eigenvalue weighted by Gasteiger charge is 2.19. The molecule has 0 atom stereocenters. The average Bonchev–Trinajstić information content (AvgIpc) is 3.13. The molecule has 0 aliphatic carbocycles. The van der Waals surface area contributed by atoms with E-state index in [1.807, 2.05) is 0 Å². The third kappa shape index (κ3) is 3.05. The summed E-state index contributed by atoms with van der Waals surface area (Å²) in [5.41, 5.74) is 1.41. The molecular formula is C21H15N3O4. The molecule has 28 heavy (non-hydrogen) atoms. The van der Waals surface area contributed by atoms with E-state index in [-0.39, 0.29) is 22.9 Å². The van der Waals surface area contributed by atoms with Gasteiger partial charge in [-0.25, -0.2) is 14.5 Å². The van der Waals surface area contributed by atoms with E-state index in [4.69, 9.17) is 0 Å². The third-order valence-corrected chi connectivity index (χ3v) is 4.23. The Balaban J connectivity index is 1.97. The minimum atomic E-state index is -1.06. The molecule has 0 saturated carbocycles. The van der Waals surface area contributed by atoms with E-state index in [0.29, 0.717) is 22.6 Å². The van der Waals surface area contributed by atoms with E-state index in [1.165, 1.54) is 28.9 Å². The summed E-state index contributed by atoms with van der Waals surface area (Å²) >= 11 is 0. The zero-order valence-electron chi connectivity index (χ0n) is 14.5. The van der Waals surface area contributed by atoms with Gasteiger partial charge in [0.05, 0.1) is 22.4 Å². The van der Waals surface area contributed by atoms with Crippen molar-refractivity contribution in [2.75, 3.05) is 0 Å². The van der Waals surface area contributed by atoms with Gasteiger partial charge in [0.1, 0.15) is 11.5 Å². The SMILES string of the molecule is O=C(O)c1cccc(-n2nc(-c3ccccc3O)nc2-c2ccccc2O)c1. The van der Waals surface area contributed by atoms with Crippen molar-refractivity contribution in [3.8, 4) is 40.0 Å². The summed E-state index contributed by atoms with van der Waals surface area (Å²) in [6.45, 7) is 0. The van der Waals surface area contributed by atoms with Crippen molar-refractivity contribution in [3.63, 3.8) is 0 Å². The maximum absolute atomic E-state index is 11.3. The molecule has 0 radical (unpaired) electrons. The van der Waals surface area contributed by atoms with Crippen molar-refractivity contribution in [2.24, 2.45) is 0 Å². The van der Waals surface area contributed by atoms with Gasteiger partial charge in [0, 0.05) is 0 Å². The summed E-state index contributed by atoms with van der Waals surface area (Å²) in [5, 5.41) is 34.2. The van der Waals surface area contributed by atoms with Crippen LogP contribution in [0.4, 0.5) is 0 Å². The molecule has 0 amide bonds. The summed E-state index contributed by atoms with van der Waals surface area (Å²) in [6, 6.07) is 19.5. The first-order chi connectivity index (χ1) is 13.5. The number of rotatable bonds is 4. The van der Waals surface area contributed by atoms with Gasteiger partial charge in [0.2, 0.25) is 0 Å². The quantitative estimate of drug-likeness (QED) is 0.503. The lowest BCUT2D eigenvalue weighted by Crippen LogP contribution is -2.03. The molecule has 4 aromatic rings. The molecule has 0 saturated heterocycles. The first-order valence-electron chi connectivity index (χ1n) is 8.42. The molecule has 0 unspecified atom stereocenters. The van der Waals surface area contributed by atoms with E-state index in [0.717, 1.165) is 0 Å². The van der Waals surface area contributed by atoms with Gasteiger partial charge in [0.15, 0.2) is 11.6 Å². The lowest BCUT2D eigenvalue weighted by Gasteiger charge is -2.08. The lowest BCUT2D eigenvalue weighted by atomic mass is 10.1. The van der Waals surface area contributed by atoms with Crippen LogP contribution < -0.4 is 0 Å². The van der Waals surface area contributed by atoms with Crippen molar-refractivity contribution in [3.05, 3.63) is 78.4 Å². The van der Waals surface area contributed by atoms with Crippen LogP contribution in [0.1, 0.15) is 10.4 Å². The van der Waals surface area contributed by atoms with Crippen molar-refractivity contribution in [1.29, 1.82) is 0 Å². The molecule has 3 aromatic carbocycles. The molecule has 0 spiro atoms. The predicted octanol–water partition coefficient (Wildman–Crippen LogP) is 3.71. The van der Waals surface area contributed by atoms with Gasteiger partial charge in [-0.2, -0.15) is 0 Å². The molecule has 4 rings (SSSR count). The summed E-state index contributed by atoms with van der Waals surface area (Å²) in [7, 11) is 0. The first kappa shape index (κ1) is 17.3. The Morgan fingerprint density at radius 2 is 1.46 bits per heavy atom. The number of benzene rings is 3. The first-order valence-corrected chi connectivity index (χ1v) is 8.42. The number of carboxylic acid groups (broad SMARTS) is 1. The lowest BCUT2D eigenvalue weighted by molar-refractivity contribution is 0.0697. The number of aromatic carboxylic acids is 1. The fourth-order valence-electron chi connectivity index (χ4n) is 2.88. The summed E-state index contributed by atoms with van der Waals surface area (Å²) < 4.78 is 1.45.